The second-order valence-electron chi connectivity index (χ2n) is 6.03. The summed E-state index contributed by atoms with van der Waals surface area (Å²) in [5, 5.41) is 3.04. The Morgan fingerprint density at radius 2 is 1.95 bits per heavy atom. The fraction of sp³-hybridized carbons (Fsp3) is 0.786. The summed E-state index contributed by atoms with van der Waals surface area (Å²) in [6.45, 7) is 0.888. The van der Waals surface area contributed by atoms with Crippen molar-refractivity contribution in [3.05, 3.63) is 0 Å². The number of nitrogens with two attached hydrogens (primary N) is 1. The molecule has 4 amide bonds. The van der Waals surface area contributed by atoms with Gasteiger partial charge < -0.3 is 16.0 Å². The first kappa shape index (κ1) is 18.7. The van der Waals surface area contributed by atoms with Crippen LogP contribution in [0.25, 0.3) is 0 Å². The number of rotatable bonds is 6. The van der Waals surface area contributed by atoms with E-state index in [4.69, 9.17) is 5.73 Å². The fourth-order valence-electron chi connectivity index (χ4n) is 3.08. The van der Waals surface area contributed by atoms with Crippen molar-refractivity contribution in [3.8, 4) is 0 Å². The third kappa shape index (κ3) is 4.10. The standard InChI is InChI=1S/C14H24N4O3.ClH/c1-17-9-12(20)18(13(17)21)8-4-5-11(19)16-14(10-15)6-2-3-7-14;/h2-10,15H2,1H3,(H,16,19);1H. The van der Waals surface area contributed by atoms with E-state index in [9.17, 15) is 14.4 Å². The molecule has 1 heterocycles. The predicted molar refractivity (Wildman–Crippen MR) is 84.6 cm³/mol. The molecule has 22 heavy (non-hydrogen) atoms. The SMILES string of the molecule is CN1CC(=O)N(CCCC(=O)NC2(CN)CCCC2)C1=O.Cl. The van der Waals surface area contributed by atoms with Gasteiger partial charge >= 0.3 is 6.03 Å². The second-order valence-corrected chi connectivity index (χ2v) is 6.03. The van der Waals surface area contributed by atoms with Gasteiger partial charge in [-0.25, -0.2) is 4.79 Å². The van der Waals surface area contributed by atoms with E-state index in [1.165, 1.54) is 9.80 Å². The molecule has 1 saturated heterocycles. The Bertz CT molecular complexity index is 438. The van der Waals surface area contributed by atoms with Gasteiger partial charge in [0.15, 0.2) is 0 Å². The lowest BCUT2D eigenvalue weighted by Gasteiger charge is -2.28. The van der Waals surface area contributed by atoms with Crippen molar-refractivity contribution in [2.45, 2.75) is 44.1 Å². The summed E-state index contributed by atoms with van der Waals surface area (Å²) in [4.78, 5) is 37.9. The molecule has 3 N–H and O–H groups in total. The highest BCUT2D eigenvalue weighted by atomic mass is 35.5. The molecule has 0 aromatic heterocycles. The van der Waals surface area contributed by atoms with Crippen LogP contribution in [0.4, 0.5) is 4.79 Å². The van der Waals surface area contributed by atoms with Crippen molar-refractivity contribution in [1.82, 2.24) is 15.1 Å². The molecule has 0 radical (unpaired) electrons. The zero-order chi connectivity index (χ0) is 15.5. The van der Waals surface area contributed by atoms with Crippen LogP contribution < -0.4 is 11.1 Å². The largest absolute Gasteiger partial charge is 0.349 e. The van der Waals surface area contributed by atoms with E-state index in [0.29, 0.717) is 25.9 Å². The number of carbonyl (C=O) groups is 3. The monoisotopic (exact) mass is 332 g/mol. The van der Waals surface area contributed by atoms with Crippen molar-refractivity contribution in [2.75, 3.05) is 26.7 Å². The van der Waals surface area contributed by atoms with E-state index >= 15 is 0 Å². The summed E-state index contributed by atoms with van der Waals surface area (Å²) >= 11 is 0. The summed E-state index contributed by atoms with van der Waals surface area (Å²) in [6, 6.07) is -0.283. The zero-order valence-electron chi connectivity index (χ0n) is 13.0. The average molecular weight is 333 g/mol. The maximum Gasteiger partial charge on any atom is 0.326 e. The first-order valence-corrected chi connectivity index (χ1v) is 7.54. The van der Waals surface area contributed by atoms with E-state index in [1.54, 1.807) is 7.05 Å². The Kier molecular flexibility index (Phi) is 6.62. The maximum absolute atomic E-state index is 12.0. The maximum atomic E-state index is 12.0. The molecule has 2 aliphatic rings. The lowest BCUT2D eigenvalue weighted by Crippen LogP contribution is -2.51. The molecule has 0 aromatic carbocycles. The third-order valence-corrected chi connectivity index (χ3v) is 4.37. The molecule has 126 valence electrons. The minimum Gasteiger partial charge on any atom is -0.349 e. The number of amides is 4. The van der Waals surface area contributed by atoms with Crippen LogP contribution >= 0.6 is 12.4 Å². The lowest BCUT2D eigenvalue weighted by atomic mass is 9.97. The Balaban J connectivity index is 0.00000242. The van der Waals surface area contributed by atoms with Crippen molar-refractivity contribution in [3.63, 3.8) is 0 Å². The van der Waals surface area contributed by atoms with Gasteiger partial charge in [0.2, 0.25) is 11.8 Å². The molecule has 0 unspecified atom stereocenters. The summed E-state index contributed by atoms with van der Waals surface area (Å²) in [5.74, 6) is -0.244. The highest BCUT2D eigenvalue weighted by Gasteiger charge is 2.35. The molecule has 0 spiro atoms. The predicted octanol–water partition coefficient (Wildman–Crippen LogP) is 0.470. The summed E-state index contributed by atoms with van der Waals surface area (Å²) in [5.41, 5.74) is 5.54. The van der Waals surface area contributed by atoms with Crippen molar-refractivity contribution >= 4 is 30.3 Å². The van der Waals surface area contributed by atoms with Gasteiger partial charge in [-0.1, -0.05) is 12.8 Å². The van der Waals surface area contributed by atoms with Gasteiger partial charge in [-0.15, -0.1) is 12.4 Å². The molecule has 0 aromatic rings. The summed E-state index contributed by atoms with van der Waals surface area (Å²) < 4.78 is 0. The molecule has 1 aliphatic carbocycles. The Hall–Kier alpha value is -1.34. The molecular formula is C14H25ClN4O3. The summed E-state index contributed by atoms with van der Waals surface area (Å²) in [6.07, 6.45) is 4.85. The first-order chi connectivity index (χ1) is 9.97. The van der Waals surface area contributed by atoms with Gasteiger partial charge in [-0.3, -0.25) is 14.5 Å². The van der Waals surface area contributed by atoms with Crippen LogP contribution in [0.5, 0.6) is 0 Å². The summed E-state index contributed by atoms with van der Waals surface area (Å²) in [7, 11) is 1.60. The molecule has 0 atom stereocenters. The average Bonchev–Trinajstić information content (AvgIpc) is 2.99. The van der Waals surface area contributed by atoms with Crippen LogP contribution in [0.15, 0.2) is 0 Å². The number of carbonyl (C=O) groups excluding carboxylic acids is 3. The van der Waals surface area contributed by atoms with Crippen LogP contribution in [0, 0.1) is 0 Å². The van der Waals surface area contributed by atoms with Crippen LogP contribution in [-0.2, 0) is 9.59 Å². The Morgan fingerprint density at radius 1 is 1.32 bits per heavy atom. The Labute approximate surface area is 137 Å². The lowest BCUT2D eigenvalue weighted by molar-refractivity contribution is -0.126. The van der Waals surface area contributed by atoms with E-state index in [2.05, 4.69) is 5.32 Å². The van der Waals surface area contributed by atoms with Gasteiger partial charge in [-0.05, 0) is 19.3 Å². The number of likely N-dealkylation sites (N-methyl/N-ethyl adjacent to an activating group) is 1. The van der Waals surface area contributed by atoms with Crippen molar-refractivity contribution in [1.29, 1.82) is 0 Å². The van der Waals surface area contributed by atoms with Crippen LogP contribution in [0.2, 0.25) is 0 Å². The minimum atomic E-state index is -0.283. The van der Waals surface area contributed by atoms with Gasteiger partial charge in [-0.2, -0.15) is 0 Å². The Morgan fingerprint density at radius 3 is 2.45 bits per heavy atom. The van der Waals surface area contributed by atoms with Gasteiger partial charge in [0, 0.05) is 26.6 Å². The van der Waals surface area contributed by atoms with E-state index in [0.717, 1.165) is 25.7 Å². The number of nitrogens with one attached hydrogen (secondary N) is 1. The third-order valence-electron chi connectivity index (χ3n) is 4.37. The first-order valence-electron chi connectivity index (χ1n) is 7.54. The number of halogens is 1. The van der Waals surface area contributed by atoms with E-state index in [1.807, 2.05) is 0 Å². The topological polar surface area (TPSA) is 95.7 Å². The minimum absolute atomic E-state index is 0. The van der Waals surface area contributed by atoms with Crippen LogP contribution in [0.1, 0.15) is 38.5 Å². The quantitative estimate of drug-likeness (QED) is 0.691. The van der Waals surface area contributed by atoms with Crippen molar-refractivity contribution < 1.29 is 14.4 Å². The molecule has 1 saturated carbocycles. The molecule has 0 bridgehead atoms. The molecule has 1 aliphatic heterocycles. The zero-order valence-corrected chi connectivity index (χ0v) is 13.8. The molecule has 2 fully saturated rings. The molecule has 7 nitrogen and oxygen atoms in total. The highest BCUT2D eigenvalue weighted by molar-refractivity contribution is 6.01. The number of hydrogen-bond acceptors (Lipinski definition) is 4. The smallest absolute Gasteiger partial charge is 0.326 e. The number of hydrogen-bond donors (Lipinski definition) is 2. The van der Waals surface area contributed by atoms with E-state index < -0.39 is 0 Å². The number of nitrogens with zero attached hydrogens (tertiary/aromatic N) is 2. The van der Waals surface area contributed by atoms with Gasteiger partial charge in [0.25, 0.3) is 0 Å². The number of imide groups is 1. The fourth-order valence-corrected chi connectivity index (χ4v) is 3.08. The van der Waals surface area contributed by atoms with E-state index in [-0.39, 0.29) is 42.3 Å². The van der Waals surface area contributed by atoms with Gasteiger partial charge in [0.05, 0.1) is 5.54 Å². The normalized spacial score (nSPS) is 20.3. The van der Waals surface area contributed by atoms with Crippen LogP contribution in [0.3, 0.4) is 0 Å². The van der Waals surface area contributed by atoms with Crippen molar-refractivity contribution in [2.24, 2.45) is 5.73 Å². The van der Waals surface area contributed by atoms with Crippen LogP contribution in [-0.4, -0.2) is 59.9 Å². The number of urea groups is 1. The molecule has 2 rings (SSSR count). The molecular weight excluding hydrogens is 308 g/mol. The van der Waals surface area contributed by atoms with Gasteiger partial charge in [0.1, 0.15) is 6.54 Å². The second kappa shape index (κ2) is 7.78. The molecule has 8 heteroatoms. The highest BCUT2D eigenvalue weighted by Crippen LogP contribution is 2.28.